The first-order valence-corrected chi connectivity index (χ1v) is 5.13. The maximum absolute atomic E-state index is 8.91. The van der Waals surface area contributed by atoms with Crippen LogP contribution in [0.5, 0.6) is 0 Å². The van der Waals surface area contributed by atoms with Crippen molar-refractivity contribution < 1.29 is 0 Å². The third-order valence-electron chi connectivity index (χ3n) is 2.58. The Hall–Kier alpha value is -1.83. The van der Waals surface area contributed by atoms with Crippen molar-refractivity contribution in [1.29, 1.82) is 5.26 Å². The van der Waals surface area contributed by atoms with Crippen LogP contribution in [0.15, 0.2) is 6.20 Å². The summed E-state index contributed by atoms with van der Waals surface area (Å²) < 4.78 is 0. The monoisotopic (exact) mass is 219 g/mol. The summed E-state index contributed by atoms with van der Waals surface area (Å²) in [5.41, 5.74) is 5.98. The van der Waals surface area contributed by atoms with E-state index in [1.165, 1.54) is 6.20 Å². The first-order valence-electron chi connectivity index (χ1n) is 5.13. The van der Waals surface area contributed by atoms with Gasteiger partial charge in [0, 0.05) is 6.04 Å². The third kappa shape index (κ3) is 2.83. The molecular weight excluding hydrogens is 202 g/mol. The summed E-state index contributed by atoms with van der Waals surface area (Å²) in [6, 6.07) is 2.21. The van der Waals surface area contributed by atoms with Crippen LogP contribution in [0.2, 0.25) is 0 Å². The standard InChI is InChI=1S/C11H17N5/c1-7(11(2,3)4)15-9-8(5-12)6-14-10(13)16-9/h6-7H,1-4H3,(H3,13,14,15,16)/t7-/m1/s1. The van der Waals surface area contributed by atoms with Crippen LogP contribution in [0.25, 0.3) is 0 Å². The van der Waals surface area contributed by atoms with Gasteiger partial charge in [-0.1, -0.05) is 20.8 Å². The molecule has 0 aromatic carbocycles. The van der Waals surface area contributed by atoms with Crippen LogP contribution in [-0.4, -0.2) is 16.0 Å². The van der Waals surface area contributed by atoms with E-state index in [9.17, 15) is 0 Å². The summed E-state index contributed by atoms with van der Waals surface area (Å²) in [6.45, 7) is 8.38. The van der Waals surface area contributed by atoms with E-state index < -0.39 is 0 Å². The molecule has 0 saturated carbocycles. The Bertz CT molecular complexity index is 413. The molecule has 86 valence electrons. The lowest BCUT2D eigenvalue weighted by atomic mass is 9.88. The number of nitrogens with two attached hydrogens (primary N) is 1. The van der Waals surface area contributed by atoms with E-state index in [4.69, 9.17) is 11.0 Å². The minimum atomic E-state index is 0.0758. The summed E-state index contributed by atoms with van der Waals surface area (Å²) in [4.78, 5) is 7.81. The van der Waals surface area contributed by atoms with E-state index in [-0.39, 0.29) is 17.4 Å². The van der Waals surface area contributed by atoms with Crippen molar-refractivity contribution >= 4 is 11.8 Å². The highest BCUT2D eigenvalue weighted by atomic mass is 15.1. The maximum atomic E-state index is 8.91. The molecule has 5 nitrogen and oxygen atoms in total. The Balaban J connectivity index is 2.97. The molecule has 3 N–H and O–H groups in total. The Kier molecular flexibility index (Phi) is 3.33. The summed E-state index contributed by atoms with van der Waals surface area (Å²) in [7, 11) is 0. The summed E-state index contributed by atoms with van der Waals surface area (Å²) in [5, 5.41) is 12.1. The van der Waals surface area contributed by atoms with Gasteiger partial charge in [-0.05, 0) is 12.3 Å². The molecule has 0 amide bonds. The van der Waals surface area contributed by atoms with Crippen molar-refractivity contribution in [2.75, 3.05) is 11.1 Å². The predicted octanol–water partition coefficient (Wildman–Crippen LogP) is 1.78. The van der Waals surface area contributed by atoms with Crippen molar-refractivity contribution in [1.82, 2.24) is 9.97 Å². The molecule has 0 aliphatic carbocycles. The molecule has 0 spiro atoms. The van der Waals surface area contributed by atoms with Crippen LogP contribution in [0.3, 0.4) is 0 Å². The van der Waals surface area contributed by atoms with Gasteiger partial charge in [0.15, 0.2) is 0 Å². The zero-order valence-electron chi connectivity index (χ0n) is 10.1. The average Bonchev–Trinajstić information content (AvgIpc) is 2.16. The second-order valence-corrected chi connectivity index (χ2v) is 4.83. The smallest absolute Gasteiger partial charge is 0.222 e. The first kappa shape index (κ1) is 12.2. The SMILES string of the molecule is C[C@@H](Nc1nc(N)ncc1C#N)C(C)(C)C. The molecule has 1 heterocycles. The number of hydrogen-bond acceptors (Lipinski definition) is 5. The number of rotatable bonds is 2. The van der Waals surface area contributed by atoms with Gasteiger partial charge >= 0.3 is 0 Å². The number of anilines is 2. The molecule has 0 aliphatic heterocycles. The largest absolute Gasteiger partial charge is 0.368 e. The van der Waals surface area contributed by atoms with Crippen molar-refractivity contribution in [3.05, 3.63) is 11.8 Å². The minimum absolute atomic E-state index is 0.0758. The van der Waals surface area contributed by atoms with Crippen molar-refractivity contribution in [2.24, 2.45) is 5.41 Å². The Labute approximate surface area is 95.7 Å². The molecule has 0 saturated heterocycles. The molecule has 5 heteroatoms. The molecule has 0 radical (unpaired) electrons. The molecule has 1 rings (SSSR count). The van der Waals surface area contributed by atoms with E-state index in [2.05, 4.69) is 36.1 Å². The topological polar surface area (TPSA) is 87.6 Å². The quantitative estimate of drug-likeness (QED) is 0.791. The van der Waals surface area contributed by atoms with Crippen LogP contribution in [-0.2, 0) is 0 Å². The van der Waals surface area contributed by atoms with Gasteiger partial charge in [-0.3, -0.25) is 0 Å². The van der Waals surface area contributed by atoms with Crippen LogP contribution in [0.4, 0.5) is 11.8 Å². The molecule has 0 aliphatic rings. The lowest BCUT2D eigenvalue weighted by Crippen LogP contribution is -2.31. The third-order valence-corrected chi connectivity index (χ3v) is 2.58. The van der Waals surface area contributed by atoms with Crippen LogP contribution < -0.4 is 11.1 Å². The molecule has 16 heavy (non-hydrogen) atoms. The van der Waals surface area contributed by atoms with Crippen LogP contribution in [0.1, 0.15) is 33.3 Å². The van der Waals surface area contributed by atoms with Gasteiger partial charge in [0.2, 0.25) is 5.95 Å². The number of nitrogens with one attached hydrogen (secondary N) is 1. The second-order valence-electron chi connectivity index (χ2n) is 4.83. The van der Waals surface area contributed by atoms with Gasteiger partial charge in [0.1, 0.15) is 17.5 Å². The molecule has 0 fully saturated rings. The molecule has 0 unspecified atom stereocenters. The normalized spacial score (nSPS) is 12.9. The highest BCUT2D eigenvalue weighted by Gasteiger charge is 2.21. The van der Waals surface area contributed by atoms with Crippen molar-refractivity contribution in [3.63, 3.8) is 0 Å². The van der Waals surface area contributed by atoms with E-state index in [0.717, 1.165) is 0 Å². The van der Waals surface area contributed by atoms with Gasteiger partial charge in [-0.15, -0.1) is 0 Å². The molecule has 1 atom stereocenters. The van der Waals surface area contributed by atoms with Crippen LogP contribution >= 0.6 is 0 Å². The van der Waals surface area contributed by atoms with Gasteiger partial charge < -0.3 is 11.1 Å². The molecular formula is C11H17N5. The molecule has 1 aromatic rings. The molecule has 0 bridgehead atoms. The fourth-order valence-corrected chi connectivity index (χ4v) is 1.01. The fourth-order valence-electron chi connectivity index (χ4n) is 1.01. The maximum Gasteiger partial charge on any atom is 0.222 e. The highest BCUT2D eigenvalue weighted by Crippen LogP contribution is 2.23. The zero-order valence-corrected chi connectivity index (χ0v) is 10.1. The number of nitrogens with zero attached hydrogens (tertiary/aromatic N) is 3. The summed E-state index contributed by atoms with van der Waals surface area (Å²) in [5.74, 6) is 0.667. The predicted molar refractivity (Wildman–Crippen MR) is 63.7 cm³/mol. The zero-order chi connectivity index (χ0) is 12.3. The number of hydrogen-bond donors (Lipinski definition) is 2. The lowest BCUT2D eigenvalue weighted by molar-refractivity contribution is 0.358. The Morgan fingerprint density at radius 3 is 2.62 bits per heavy atom. The second kappa shape index (κ2) is 4.35. The van der Waals surface area contributed by atoms with E-state index in [1.54, 1.807) is 0 Å². The number of nitriles is 1. The average molecular weight is 219 g/mol. The van der Waals surface area contributed by atoms with Crippen LogP contribution in [0, 0.1) is 16.7 Å². The summed E-state index contributed by atoms with van der Waals surface area (Å²) in [6.07, 6.45) is 1.43. The van der Waals surface area contributed by atoms with E-state index in [1.807, 2.05) is 13.0 Å². The first-order chi connectivity index (χ1) is 7.34. The van der Waals surface area contributed by atoms with Gasteiger partial charge in [-0.25, -0.2) is 4.98 Å². The van der Waals surface area contributed by atoms with E-state index >= 15 is 0 Å². The number of nitrogen functional groups attached to an aromatic ring is 1. The Morgan fingerprint density at radius 2 is 2.12 bits per heavy atom. The lowest BCUT2D eigenvalue weighted by Gasteiger charge is -2.28. The van der Waals surface area contributed by atoms with Crippen molar-refractivity contribution in [3.8, 4) is 6.07 Å². The van der Waals surface area contributed by atoms with E-state index in [0.29, 0.717) is 11.4 Å². The highest BCUT2D eigenvalue weighted by molar-refractivity contribution is 5.53. The fraction of sp³-hybridized carbons (Fsp3) is 0.545. The van der Waals surface area contributed by atoms with Crippen molar-refractivity contribution in [2.45, 2.75) is 33.7 Å². The van der Waals surface area contributed by atoms with Gasteiger partial charge in [0.05, 0.1) is 6.20 Å². The Morgan fingerprint density at radius 1 is 1.50 bits per heavy atom. The summed E-state index contributed by atoms with van der Waals surface area (Å²) >= 11 is 0. The molecule has 1 aromatic heterocycles. The van der Waals surface area contributed by atoms with Gasteiger partial charge in [0.25, 0.3) is 0 Å². The number of aromatic nitrogens is 2. The minimum Gasteiger partial charge on any atom is -0.368 e. The van der Waals surface area contributed by atoms with Gasteiger partial charge in [-0.2, -0.15) is 10.2 Å².